The molecule has 2 aromatic rings. The highest BCUT2D eigenvalue weighted by molar-refractivity contribution is 7.13. The Bertz CT molecular complexity index is 848. The zero-order chi connectivity index (χ0) is 18.3. The lowest BCUT2D eigenvalue weighted by molar-refractivity contribution is -0.149. The van der Waals surface area contributed by atoms with Crippen molar-refractivity contribution in [3.63, 3.8) is 0 Å². The standard InChI is InChI=1S/C20H22N2O3S/c1-13-17(26-16(21-13)10-14-6-3-2-4-7-14)18(23)22-11-15-8-5-9-20(15,12-22)19(24)25/h2-4,6-7,15H,5,8-12H2,1H3,(H,24,25)/t15-,20+/m0/s1. The number of fused-ring (bicyclic) bond motifs is 1. The van der Waals surface area contributed by atoms with Gasteiger partial charge >= 0.3 is 5.97 Å². The Morgan fingerprint density at radius 1 is 1.35 bits per heavy atom. The highest BCUT2D eigenvalue weighted by atomic mass is 32.1. The number of benzene rings is 1. The summed E-state index contributed by atoms with van der Waals surface area (Å²) < 4.78 is 0. The number of nitrogens with zero attached hydrogens (tertiary/aromatic N) is 2. The Hall–Kier alpha value is -2.21. The summed E-state index contributed by atoms with van der Waals surface area (Å²) in [5.41, 5.74) is 1.18. The van der Waals surface area contributed by atoms with E-state index in [1.807, 2.05) is 25.1 Å². The molecule has 2 heterocycles. The van der Waals surface area contributed by atoms with Gasteiger partial charge in [0.25, 0.3) is 5.91 Å². The van der Waals surface area contributed by atoms with Crippen LogP contribution in [0.3, 0.4) is 0 Å². The van der Waals surface area contributed by atoms with Gasteiger partial charge in [0.2, 0.25) is 0 Å². The molecule has 2 aliphatic rings. The minimum Gasteiger partial charge on any atom is -0.481 e. The van der Waals surface area contributed by atoms with Gasteiger partial charge in [-0.15, -0.1) is 11.3 Å². The van der Waals surface area contributed by atoms with E-state index < -0.39 is 11.4 Å². The van der Waals surface area contributed by atoms with Gasteiger partial charge in [-0.2, -0.15) is 0 Å². The van der Waals surface area contributed by atoms with Crippen LogP contribution >= 0.6 is 11.3 Å². The maximum absolute atomic E-state index is 13.0. The minimum absolute atomic E-state index is 0.0608. The molecule has 1 aromatic carbocycles. The van der Waals surface area contributed by atoms with E-state index in [1.54, 1.807) is 4.90 Å². The molecule has 1 aliphatic carbocycles. The summed E-state index contributed by atoms with van der Waals surface area (Å²) in [5.74, 6) is -0.726. The lowest BCUT2D eigenvalue weighted by atomic mass is 9.81. The van der Waals surface area contributed by atoms with Gasteiger partial charge in [-0.3, -0.25) is 9.59 Å². The largest absolute Gasteiger partial charge is 0.481 e. The SMILES string of the molecule is Cc1nc(Cc2ccccc2)sc1C(=O)N1C[C@@H]2CCC[C@@]2(C(=O)O)C1. The van der Waals surface area contributed by atoms with Crippen LogP contribution < -0.4 is 0 Å². The fourth-order valence-electron chi connectivity index (χ4n) is 4.43. The molecule has 0 radical (unpaired) electrons. The number of thiazole rings is 1. The molecule has 1 saturated carbocycles. The molecule has 26 heavy (non-hydrogen) atoms. The van der Waals surface area contributed by atoms with E-state index in [2.05, 4.69) is 17.1 Å². The number of hydrogen-bond donors (Lipinski definition) is 1. The van der Waals surface area contributed by atoms with Crippen molar-refractivity contribution in [2.24, 2.45) is 11.3 Å². The van der Waals surface area contributed by atoms with Gasteiger partial charge in [-0.25, -0.2) is 4.98 Å². The molecule has 2 fully saturated rings. The van der Waals surface area contributed by atoms with Crippen molar-refractivity contribution in [2.45, 2.75) is 32.6 Å². The lowest BCUT2D eigenvalue weighted by Crippen LogP contribution is -2.37. The minimum atomic E-state index is -0.749. The maximum Gasteiger partial charge on any atom is 0.311 e. The third-order valence-corrected chi connectivity index (χ3v) is 6.96. The van der Waals surface area contributed by atoms with E-state index in [1.165, 1.54) is 16.9 Å². The first-order chi connectivity index (χ1) is 12.5. The lowest BCUT2D eigenvalue weighted by Gasteiger charge is -2.23. The van der Waals surface area contributed by atoms with Crippen LogP contribution in [0.4, 0.5) is 0 Å². The van der Waals surface area contributed by atoms with E-state index in [4.69, 9.17) is 0 Å². The molecule has 0 spiro atoms. The number of aryl methyl sites for hydroxylation is 1. The number of hydrogen-bond acceptors (Lipinski definition) is 4. The van der Waals surface area contributed by atoms with E-state index in [0.717, 1.165) is 23.5 Å². The number of rotatable bonds is 4. The molecule has 1 saturated heterocycles. The zero-order valence-electron chi connectivity index (χ0n) is 14.8. The molecule has 136 valence electrons. The number of amides is 1. The molecular weight excluding hydrogens is 348 g/mol. The van der Waals surface area contributed by atoms with Crippen molar-refractivity contribution < 1.29 is 14.7 Å². The van der Waals surface area contributed by atoms with Crippen LogP contribution in [0.25, 0.3) is 0 Å². The fourth-order valence-corrected chi connectivity index (χ4v) is 5.50. The first kappa shape index (κ1) is 17.2. The predicted octanol–water partition coefficient (Wildman–Crippen LogP) is 3.37. The summed E-state index contributed by atoms with van der Waals surface area (Å²) >= 11 is 1.43. The fraction of sp³-hybridized carbons (Fsp3) is 0.450. The van der Waals surface area contributed by atoms with Crippen molar-refractivity contribution in [2.75, 3.05) is 13.1 Å². The van der Waals surface area contributed by atoms with E-state index in [9.17, 15) is 14.7 Å². The predicted molar refractivity (Wildman–Crippen MR) is 99.4 cm³/mol. The zero-order valence-corrected chi connectivity index (χ0v) is 15.6. The number of likely N-dealkylation sites (tertiary alicyclic amines) is 1. The average Bonchev–Trinajstić information content (AvgIpc) is 3.27. The van der Waals surface area contributed by atoms with Crippen LogP contribution in [-0.2, 0) is 11.2 Å². The van der Waals surface area contributed by atoms with Crippen molar-refractivity contribution in [1.82, 2.24) is 9.88 Å². The molecule has 6 heteroatoms. The quantitative estimate of drug-likeness (QED) is 0.896. The Kier molecular flexibility index (Phi) is 4.31. The summed E-state index contributed by atoms with van der Waals surface area (Å²) in [6.45, 7) is 2.75. The number of carboxylic acid groups (broad SMARTS) is 1. The summed E-state index contributed by atoms with van der Waals surface area (Å²) in [4.78, 5) is 31.8. The molecule has 1 N–H and O–H groups in total. The van der Waals surface area contributed by atoms with E-state index in [0.29, 0.717) is 30.8 Å². The van der Waals surface area contributed by atoms with Crippen LogP contribution in [0.15, 0.2) is 30.3 Å². The summed E-state index contributed by atoms with van der Waals surface area (Å²) in [5, 5.41) is 10.6. The van der Waals surface area contributed by atoms with Crippen LogP contribution in [0.1, 0.15) is 45.2 Å². The van der Waals surface area contributed by atoms with Gasteiger partial charge < -0.3 is 10.0 Å². The molecule has 0 unspecified atom stereocenters. The number of carbonyl (C=O) groups excluding carboxylic acids is 1. The van der Waals surface area contributed by atoms with Crippen LogP contribution in [0, 0.1) is 18.3 Å². The topological polar surface area (TPSA) is 70.5 Å². The first-order valence-electron chi connectivity index (χ1n) is 9.02. The van der Waals surface area contributed by atoms with Gasteiger partial charge in [0.05, 0.1) is 16.1 Å². The van der Waals surface area contributed by atoms with Crippen molar-refractivity contribution in [3.05, 3.63) is 51.5 Å². The second-order valence-electron chi connectivity index (χ2n) is 7.42. The Labute approximate surface area is 156 Å². The second kappa shape index (κ2) is 6.50. The molecule has 1 aromatic heterocycles. The number of aromatic nitrogens is 1. The third-order valence-electron chi connectivity index (χ3n) is 5.82. The highest BCUT2D eigenvalue weighted by Crippen LogP contribution is 2.49. The van der Waals surface area contributed by atoms with E-state index >= 15 is 0 Å². The van der Waals surface area contributed by atoms with Crippen LogP contribution in [0.5, 0.6) is 0 Å². The monoisotopic (exact) mass is 370 g/mol. The Balaban J connectivity index is 1.53. The van der Waals surface area contributed by atoms with Crippen molar-refractivity contribution >= 4 is 23.2 Å². The molecule has 1 amide bonds. The van der Waals surface area contributed by atoms with E-state index in [-0.39, 0.29) is 11.8 Å². The van der Waals surface area contributed by atoms with Crippen LogP contribution in [0.2, 0.25) is 0 Å². The Morgan fingerprint density at radius 3 is 2.81 bits per heavy atom. The number of aliphatic carboxylic acids is 1. The highest BCUT2D eigenvalue weighted by Gasteiger charge is 2.56. The normalized spacial score (nSPS) is 24.7. The van der Waals surface area contributed by atoms with Gasteiger partial charge in [-0.1, -0.05) is 36.8 Å². The van der Waals surface area contributed by atoms with Crippen LogP contribution in [-0.4, -0.2) is 40.0 Å². The molecular formula is C20H22N2O3S. The van der Waals surface area contributed by atoms with Gasteiger partial charge in [0.15, 0.2) is 0 Å². The third kappa shape index (κ3) is 2.82. The Morgan fingerprint density at radius 2 is 2.12 bits per heavy atom. The summed E-state index contributed by atoms with van der Waals surface area (Å²) in [6, 6.07) is 10.1. The second-order valence-corrected chi connectivity index (χ2v) is 8.50. The average molecular weight is 370 g/mol. The number of carboxylic acids is 1. The first-order valence-corrected chi connectivity index (χ1v) is 9.84. The maximum atomic E-state index is 13.0. The molecule has 2 atom stereocenters. The molecule has 0 bridgehead atoms. The molecule has 4 rings (SSSR count). The summed E-state index contributed by atoms with van der Waals surface area (Å²) in [6.07, 6.45) is 3.23. The van der Waals surface area contributed by atoms with Gasteiger partial charge in [0, 0.05) is 19.5 Å². The molecule has 5 nitrogen and oxygen atoms in total. The van der Waals surface area contributed by atoms with Crippen molar-refractivity contribution in [1.29, 1.82) is 0 Å². The van der Waals surface area contributed by atoms with Gasteiger partial charge in [0.1, 0.15) is 4.88 Å². The molecule has 1 aliphatic heterocycles. The van der Waals surface area contributed by atoms with Crippen molar-refractivity contribution in [3.8, 4) is 0 Å². The number of carbonyl (C=O) groups is 2. The van der Waals surface area contributed by atoms with Gasteiger partial charge in [-0.05, 0) is 31.2 Å². The smallest absolute Gasteiger partial charge is 0.311 e. The summed E-state index contributed by atoms with van der Waals surface area (Å²) in [7, 11) is 0.